The number of carbonyl (C=O) groups excluding carboxylic acids is 1. The summed E-state index contributed by atoms with van der Waals surface area (Å²) in [6.07, 6.45) is 6.96. The normalized spacial score (nSPS) is 17.5. The van der Waals surface area contributed by atoms with Crippen LogP contribution in [0.1, 0.15) is 60.0 Å². The molecule has 1 saturated carbocycles. The number of benzene rings is 1. The van der Waals surface area contributed by atoms with Crippen molar-refractivity contribution in [1.82, 2.24) is 0 Å². The average molecular weight is 265 g/mol. The summed E-state index contributed by atoms with van der Waals surface area (Å²) in [5.74, 6) is 0.442. The third kappa shape index (κ3) is 2.95. The lowest BCUT2D eigenvalue weighted by Crippen LogP contribution is -2.15. The largest absolute Gasteiger partial charge is 0.294 e. The zero-order chi connectivity index (χ0) is 13.1. The molecule has 0 N–H and O–H groups in total. The zero-order valence-electron chi connectivity index (χ0n) is 11.3. The molecule has 1 aromatic rings. The van der Waals surface area contributed by atoms with Crippen LogP contribution >= 0.6 is 11.6 Å². The van der Waals surface area contributed by atoms with E-state index in [4.69, 9.17) is 11.6 Å². The Kier molecular flexibility index (Phi) is 4.45. The lowest BCUT2D eigenvalue weighted by molar-refractivity contribution is 0.0908. The van der Waals surface area contributed by atoms with Gasteiger partial charge in [-0.1, -0.05) is 37.3 Å². The molecule has 0 unspecified atom stereocenters. The lowest BCUT2D eigenvalue weighted by atomic mass is 9.90. The van der Waals surface area contributed by atoms with Gasteiger partial charge in [-0.25, -0.2) is 0 Å². The second-order valence-corrected chi connectivity index (χ2v) is 5.88. The van der Waals surface area contributed by atoms with E-state index in [1.807, 2.05) is 26.0 Å². The molecular weight excluding hydrogens is 244 g/mol. The van der Waals surface area contributed by atoms with Gasteiger partial charge in [-0.3, -0.25) is 4.79 Å². The SMILES string of the molecule is Cc1cc(Cl)c(C(=O)C2CCCCCC2)cc1C. The van der Waals surface area contributed by atoms with E-state index < -0.39 is 0 Å². The summed E-state index contributed by atoms with van der Waals surface area (Å²) in [6.45, 7) is 4.07. The van der Waals surface area contributed by atoms with Crippen LogP contribution in [-0.2, 0) is 0 Å². The van der Waals surface area contributed by atoms with Gasteiger partial charge < -0.3 is 0 Å². The first-order valence-electron chi connectivity index (χ1n) is 6.90. The monoisotopic (exact) mass is 264 g/mol. The van der Waals surface area contributed by atoms with Gasteiger partial charge in [0.25, 0.3) is 0 Å². The summed E-state index contributed by atoms with van der Waals surface area (Å²) in [4.78, 5) is 12.6. The van der Waals surface area contributed by atoms with Crippen molar-refractivity contribution >= 4 is 17.4 Å². The highest BCUT2D eigenvalue weighted by Crippen LogP contribution is 2.29. The smallest absolute Gasteiger partial charge is 0.167 e. The molecule has 98 valence electrons. The third-order valence-corrected chi connectivity index (χ3v) is 4.39. The van der Waals surface area contributed by atoms with Crippen molar-refractivity contribution in [3.8, 4) is 0 Å². The van der Waals surface area contributed by atoms with E-state index in [1.165, 1.54) is 25.7 Å². The number of hydrogen-bond acceptors (Lipinski definition) is 1. The summed E-state index contributed by atoms with van der Waals surface area (Å²) in [5.41, 5.74) is 3.03. The van der Waals surface area contributed by atoms with Crippen LogP contribution in [0.3, 0.4) is 0 Å². The number of hydrogen-bond donors (Lipinski definition) is 0. The Morgan fingerprint density at radius 2 is 1.61 bits per heavy atom. The first kappa shape index (κ1) is 13.6. The highest BCUT2D eigenvalue weighted by molar-refractivity contribution is 6.34. The molecule has 0 radical (unpaired) electrons. The van der Waals surface area contributed by atoms with Crippen LogP contribution in [0.2, 0.25) is 5.02 Å². The Morgan fingerprint density at radius 1 is 1.06 bits per heavy atom. The van der Waals surface area contributed by atoms with Crippen molar-refractivity contribution in [1.29, 1.82) is 0 Å². The van der Waals surface area contributed by atoms with E-state index in [1.54, 1.807) is 0 Å². The van der Waals surface area contributed by atoms with Crippen molar-refractivity contribution in [3.63, 3.8) is 0 Å². The Labute approximate surface area is 115 Å². The fourth-order valence-corrected chi connectivity index (χ4v) is 3.04. The van der Waals surface area contributed by atoms with E-state index in [-0.39, 0.29) is 11.7 Å². The average Bonchev–Trinajstić information content (AvgIpc) is 2.61. The maximum Gasteiger partial charge on any atom is 0.167 e. The Bertz CT molecular complexity index is 443. The van der Waals surface area contributed by atoms with E-state index >= 15 is 0 Å². The fraction of sp³-hybridized carbons (Fsp3) is 0.562. The fourth-order valence-electron chi connectivity index (χ4n) is 2.73. The van der Waals surface area contributed by atoms with Gasteiger partial charge in [0.05, 0.1) is 5.02 Å². The van der Waals surface area contributed by atoms with Crippen LogP contribution < -0.4 is 0 Å². The topological polar surface area (TPSA) is 17.1 Å². The summed E-state index contributed by atoms with van der Waals surface area (Å²) in [7, 11) is 0. The second kappa shape index (κ2) is 5.88. The van der Waals surface area contributed by atoms with E-state index in [9.17, 15) is 4.79 Å². The van der Waals surface area contributed by atoms with Crippen molar-refractivity contribution < 1.29 is 4.79 Å². The van der Waals surface area contributed by atoms with Gasteiger partial charge in [0.1, 0.15) is 0 Å². The quantitative estimate of drug-likeness (QED) is 0.536. The molecule has 2 heteroatoms. The van der Waals surface area contributed by atoms with Crippen LogP contribution in [0, 0.1) is 19.8 Å². The molecule has 0 aliphatic heterocycles. The number of rotatable bonds is 2. The molecule has 0 bridgehead atoms. The minimum atomic E-state index is 0.187. The molecule has 1 aliphatic rings. The molecule has 0 heterocycles. The van der Waals surface area contributed by atoms with Crippen LogP contribution in [0.5, 0.6) is 0 Å². The number of aryl methyl sites for hydroxylation is 2. The molecular formula is C16H21ClO. The second-order valence-electron chi connectivity index (χ2n) is 5.47. The minimum absolute atomic E-state index is 0.187. The number of ketones is 1. The maximum absolute atomic E-state index is 12.6. The lowest BCUT2D eigenvalue weighted by Gasteiger charge is -2.15. The van der Waals surface area contributed by atoms with Crippen LogP contribution in [0.25, 0.3) is 0 Å². The molecule has 0 spiro atoms. The Hall–Kier alpha value is -0.820. The summed E-state index contributed by atoms with van der Waals surface area (Å²) >= 11 is 6.24. The van der Waals surface area contributed by atoms with Gasteiger partial charge >= 0.3 is 0 Å². The summed E-state index contributed by atoms with van der Waals surface area (Å²) < 4.78 is 0. The first-order chi connectivity index (χ1) is 8.59. The van der Waals surface area contributed by atoms with Crippen LogP contribution in [0.4, 0.5) is 0 Å². The van der Waals surface area contributed by atoms with Gasteiger partial charge in [0.15, 0.2) is 5.78 Å². The summed E-state index contributed by atoms with van der Waals surface area (Å²) in [5, 5.41) is 0.618. The van der Waals surface area contributed by atoms with Gasteiger partial charge in [0, 0.05) is 11.5 Å². The number of carbonyl (C=O) groups is 1. The van der Waals surface area contributed by atoms with Gasteiger partial charge in [-0.2, -0.15) is 0 Å². The predicted molar refractivity (Wildman–Crippen MR) is 76.4 cm³/mol. The molecule has 0 aromatic heterocycles. The van der Waals surface area contributed by atoms with Gasteiger partial charge in [0.2, 0.25) is 0 Å². The molecule has 1 nitrogen and oxygen atoms in total. The van der Waals surface area contributed by atoms with Gasteiger partial charge in [-0.05, 0) is 49.9 Å². The molecule has 2 rings (SSSR count). The highest BCUT2D eigenvalue weighted by Gasteiger charge is 2.23. The number of Topliss-reactive ketones (excluding diaryl/α,β-unsaturated/α-hetero) is 1. The molecule has 1 fully saturated rings. The van der Waals surface area contributed by atoms with E-state index in [0.717, 1.165) is 29.5 Å². The van der Waals surface area contributed by atoms with E-state index in [2.05, 4.69) is 0 Å². The van der Waals surface area contributed by atoms with E-state index in [0.29, 0.717) is 5.02 Å². The number of halogens is 1. The standard InChI is InChI=1S/C16H21ClO/c1-11-9-14(15(17)10-12(11)2)16(18)13-7-5-3-4-6-8-13/h9-10,13H,3-8H2,1-2H3. The maximum atomic E-state index is 12.6. The summed E-state index contributed by atoms with van der Waals surface area (Å²) in [6, 6.07) is 3.88. The van der Waals surface area contributed by atoms with Gasteiger partial charge in [-0.15, -0.1) is 0 Å². The highest BCUT2D eigenvalue weighted by atomic mass is 35.5. The molecule has 0 amide bonds. The molecule has 18 heavy (non-hydrogen) atoms. The molecule has 1 aliphatic carbocycles. The Morgan fingerprint density at radius 3 is 2.22 bits per heavy atom. The van der Waals surface area contributed by atoms with Crippen LogP contribution in [0.15, 0.2) is 12.1 Å². The van der Waals surface area contributed by atoms with Crippen molar-refractivity contribution in [2.24, 2.45) is 5.92 Å². The third-order valence-electron chi connectivity index (χ3n) is 4.07. The Balaban J connectivity index is 2.24. The first-order valence-corrected chi connectivity index (χ1v) is 7.28. The molecule has 0 atom stereocenters. The molecule has 0 saturated heterocycles. The zero-order valence-corrected chi connectivity index (χ0v) is 12.0. The minimum Gasteiger partial charge on any atom is -0.294 e. The van der Waals surface area contributed by atoms with Crippen LogP contribution in [-0.4, -0.2) is 5.78 Å². The van der Waals surface area contributed by atoms with Crippen molar-refractivity contribution in [3.05, 3.63) is 33.8 Å². The predicted octanol–water partition coefficient (Wildman–Crippen LogP) is 5.11. The van der Waals surface area contributed by atoms with Crippen molar-refractivity contribution in [2.75, 3.05) is 0 Å². The van der Waals surface area contributed by atoms with Crippen molar-refractivity contribution in [2.45, 2.75) is 52.4 Å². The molecule has 1 aromatic carbocycles.